The molecule has 1 fully saturated rings. The molecule has 1 amide bonds. The number of pyridine rings is 1. The third-order valence-electron chi connectivity index (χ3n) is 4.66. The molecule has 7 heteroatoms. The van der Waals surface area contributed by atoms with Crippen molar-refractivity contribution in [1.82, 2.24) is 24.9 Å². The van der Waals surface area contributed by atoms with Gasteiger partial charge in [-0.05, 0) is 45.2 Å². The molecular formula is C18H25N5O2. The first kappa shape index (κ1) is 17.5. The van der Waals surface area contributed by atoms with Crippen LogP contribution < -0.4 is 0 Å². The molecule has 25 heavy (non-hydrogen) atoms. The minimum absolute atomic E-state index is 0.0417. The Morgan fingerprint density at radius 3 is 2.92 bits per heavy atom. The molecule has 1 saturated heterocycles. The molecule has 7 nitrogen and oxygen atoms in total. The number of amides is 1. The van der Waals surface area contributed by atoms with Crippen LogP contribution in [0.2, 0.25) is 0 Å². The molecule has 1 aliphatic heterocycles. The van der Waals surface area contributed by atoms with Crippen molar-refractivity contribution in [3.05, 3.63) is 42.0 Å². The van der Waals surface area contributed by atoms with Crippen molar-refractivity contribution < 1.29 is 9.90 Å². The summed E-state index contributed by atoms with van der Waals surface area (Å²) in [6.45, 7) is 4.96. The first-order valence-corrected chi connectivity index (χ1v) is 8.80. The van der Waals surface area contributed by atoms with E-state index in [4.69, 9.17) is 0 Å². The number of rotatable bonds is 5. The van der Waals surface area contributed by atoms with Gasteiger partial charge in [-0.15, -0.1) is 5.10 Å². The minimum Gasteiger partial charge on any atom is -0.382 e. The van der Waals surface area contributed by atoms with Crippen LogP contribution >= 0.6 is 0 Å². The summed E-state index contributed by atoms with van der Waals surface area (Å²) in [5.74, 6) is 0.0417. The Labute approximate surface area is 147 Å². The Bertz CT molecular complexity index is 715. The predicted octanol–water partition coefficient (Wildman–Crippen LogP) is 1.70. The van der Waals surface area contributed by atoms with Crippen molar-refractivity contribution in [2.24, 2.45) is 0 Å². The lowest BCUT2D eigenvalue weighted by atomic mass is 9.89. The minimum atomic E-state index is -1.12. The Morgan fingerprint density at radius 2 is 2.24 bits per heavy atom. The zero-order chi connectivity index (χ0) is 17.9. The normalized spacial score (nSPS) is 20.9. The standard InChI is InChI=1S/C18H25N5O2/c1-14(2)23-12-16(20-21-23)18(25)9-5-11-22(13-18)17(24)8-7-15-6-3-4-10-19-15/h3-4,6,10,12,14,25H,5,7-9,11,13H2,1-2H3/t18-/m1/s1. The van der Waals surface area contributed by atoms with Crippen LogP contribution in [0.15, 0.2) is 30.6 Å². The van der Waals surface area contributed by atoms with Crippen molar-refractivity contribution in [2.75, 3.05) is 13.1 Å². The highest BCUT2D eigenvalue weighted by Gasteiger charge is 2.39. The van der Waals surface area contributed by atoms with Crippen LogP contribution in [-0.2, 0) is 16.8 Å². The molecule has 3 rings (SSSR count). The van der Waals surface area contributed by atoms with Gasteiger partial charge in [0.15, 0.2) is 0 Å². The van der Waals surface area contributed by atoms with Gasteiger partial charge in [0.1, 0.15) is 11.3 Å². The van der Waals surface area contributed by atoms with Gasteiger partial charge in [-0.25, -0.2) is 4.68 Å². The maximum absolute atomic E-state index is 12.5. The molecule has 0 bridgehead atoms. The van der Waals surface area contributed by atoms with Gasteiger partial charge in [-0.1, -0.05) is 11.3 Å². The summed E-state index contributed by atoms with van der Waals surface area (Å²) in [7, 11) is 0. The molecule has 134 valence electrons. The van der Waals surface area contributed by atoms with E-state index >= 15 is 0 Å². The molecular weight excluding hydrogens is 318 g/mol. The van der Waals surface area contributed by atoms with E-state index < -0.39 is 5.60 Å². The van der Waals surface area contributed by atoms with E-state index in [1.54, 1.807) is 22.0 Å². The highest BCUT2D eigenvalue weighted by molar-refractivity contribution is 5.76. The molecule has 1 atom stereocenters. The van der Waals surface area contributed by atoms with Crippen molar-refractivity contribution in [3.8, 4) is 0 Å². The van der Waals surface area contributed by atoms with E-state index in [1.165, 1.54) is 0 Å². The first-order chi connectivity index (χ1) is 12.0. The van der Waals surface area contributed by atoms with Crippen molar-refractivity contribution in [1.29, 1.82) is 0 Å². The van der Waals surface area contributed by atoms with Crippen LogP contribution in [0.1, 0.15) is 50.5 Å². The molecule has 0 radical (unpaired) electrons. The maximum Gasteiger partial charge on any atom is 0.223 e. The van der Waals surface area contributed by atoms with Gasteiger partial charge in [0.05, 0.1) is 12.7 Å². The summed E-state index contributed by atoms with van der Waals surface area (Å²) >= 11 is 0. The Morgan fingerprint density at radius 1 is 1.40 bits per heavy atom. The SMILES string of the molecule is CC(C)n1cc([C@@]2(O)CCCN(C(=O)CCc3ccccn3)C2)nn1. The largest absolute Gasteiger partial charge is 0.382 e. The Kier molecular flexibility index (Phi) is 5.13. The maximum atomic E-state index is 12.5. The molecule has 0 aromatic carbocycles. The molecule has 0 unspecified atom stereocenters. The number of hydrogen-bond donors (Lipinski definition) is 1. The van der Waals surface area contributed by atoms with Gasteiger partial charge in [0.25, 0.3) is 0 Å². The number of aromatic nitrogens is 4. The lowest BCUT2D eigenvalue weighted by Crippen LogP contribution is -2.48. The lowest BCUT2D eigenvalue weighted by Gasteiger charge is -2.38. The number of hydrogen-bond acceptors (Lipinski definition) is 5. The number of nitrogens with zero attached hydrogens (tertiary/aromatic N) is 5. The fraction of sp³-hybridized carbons (Fsp3) is 0.556. The van der Waals surface area contributed by atoms with E-state index in [1.807, 2.05) is 32.0 Å². The topological polar surface area (TPSA) is 84.1 Å². The van der Waals surface area contributed by atoms with E-state index in [9.17, 15) is 9.90 Å². The number of aryl methyl sites for hydroxylation is 1. The van der Waals surface area contributed by atoms with Crippen LogP contribution in [0.25, 0.3) is 0 Å². The highest BCUT2D eigenvalue weighted by atomic mass is 16.3. The van der Waals surface area contributed by atoms with Crippen molar-refractivity contribution in [3.63, 3.8) is 0 Å². The molecule has 0 saturated carbocycles. The average molecular weight is 343 g/mol. The second-order valence-corrected chi connectivity index (χ2v) is 6.95. The number of aliphatic hydroxyl groups is 1. The molecule has 2 aromatic heterocycles. The van der Waals surface area contributed by atoms with Gasteiger partial charge < -0.3 is 10.0 Å². The summed E-state index contributed by atoms with van der Waals surface area (Å²) in [4.78, 5) is 18.5. The number of β-amino-alcohol motifs (C(OH)–C–C–N with tert-alkyl or cyclic N) is 1. The second-order valence-electron chi connectivity index (χ2n) is 6.95. The number of carbonyl (C=O) groups excluding carboxylic acids is 1. The van der Waals surface area contributed by atoms with E-state index in [-0.39, 0.29) is 18.5 Å². The average Bonchev–Trinajstić information content (AvgIpc) is 3.12. The van der Waals surface area contributed by atoms with Crippen molar-refractivity contribution >= 4 is 5.91 Å². The molecule has 0 spiro atoms. The predicted molar refractivity (Wildman–Crippen MR) is 92.7 cm³/mol. The van der Waals surface area contributed by atoms with E-state index in [0.717, 1.165) is 12.1 Å². The fourth-order valence-corrected chi connectivity index (χ4v) is 3.14. The van der Waals surface area contributed by atoms with Crippen LogP contribution in [-0.4, -0.2) is 49.0 Å². The van der Waals surface area contributed by atoms with Gasteiger partial charge in [-0.2, -0.15) is 0 Å². The van der Waals surface area contributed by atoms with Gasteiger partial charge in [0.2, 0.25) is 5.91 Å². The monoisotopic (exact) mass is 343 g/mol. The molecule has 2 aromatic rings. The number of likely N-dealkylation sites (tertiary alicyclic amines) is 1. The first-order valence-electron chi connectivity index (χ1n) is 8.80. The Balaban J connectivity index is 1.64. The summed E-state index contributed by atoms with van der Waals surface area (Å²) < 4.78 is 1.73. The fourth-order valence-electron chi connectivity index (χ4n) is 3.14. The van der Waals surface area contributed by atoms with E-state index in [0.29, 0.717) is 31.5 Å². The van der Waals surface area contributed by atoms with Crippen LogP contribution in [0.4, 0.5) is 0 Å². The summed E-state index contributed by atoms with van der Waals surface area (Å²) in [6, 6.07) is 5.89. The summed E-state index contributed by atoms with van der Waals surface area (Å²) in [5, 5.41) is 19.2. The van der Waals surface area contributed by atoms with E-state index in [2.05, 4.69) is 15.3 Å². The quantitative estimate of drug-likeness (QED) is 0.893. The van der Waals surface area contributed by atoms with Gasteiger partial charge in [-0.3, -0.25) is 9.78 Å². The van der Waals surface area contributed by atoms with Gasteiger partial charge >= 0.3 is 0 Å². The zero-order valence-electron chi connectivity index (χ0n) is 14.8. The highest BCUT2D eigenvalue weighted by Crippen LogP contribution is 2.30. The third-order valence-corrected chi connectivity index (χ3v) is 4.66. The van der Waals surface area contributed by atoms with Crippen LogP contribution in [0.3, 0.4) is 0 Å². The Hall–Kier alpha value is -2.28. The summed E-state index contributed by atoms with van der Waals surface area (Å²) in [6.07, 6.45) is 5.86. The summed E-state index contributed by atoms with van der Waals surface area (Å²) in [5.41, 5.74) is 0.331. The molecule has 3 heterocycles. The zero-order valence-corrected chi connectivity index (χ0v) is 14.8. The third kappa shape index (κ3) is 4.04. The second kappa shape index (κ2) is 7.31. The molecule has 1 aliphatic rings. The van der Waals surface area contributed by atoms with Crippen LogP contribution in [0.5, 0.6) is 0 Å². The number of carbonyl (C=O) groups is 1. The van der Waals surface area contributed by atoms with Crippen LogP contribution in [0, 0.1) is 0 Å². The van der Waals surface area contributed by atoms with Gasteiger partial charge in [0, 0.05) is 30.9 Å². The lowest BCUT2D eigenvalue weighted by molar-refractivity contribution is -0.139. The van der Waals surface area contributed by atoms with Crippen molar-refractivity contribution in [2.45, 2.75) is 51.2 Å². The smallest absolute Gasteiger partial charge is 0.223 e. The molecule has 1 N–H and O–H groups in total. The molecule has 0 aliphatic carbocycles. The number of piperidine rings is 1.